The molecular formula is C40H63N3O10. The number of benzene rings is 1. The Morgan fingerprint density at radius 2 is 1.19 bits per heavy atom. The van der Waals surface area contributed by atoms with Gasteiger partial charge in [-0.2, -0.15) is 0 Å². The molecule has 13 nitrogen and oxygen atoms in total. The summed E-state index contributed by atoms with van der Waals surface area (Å²) in [6.45, 7) is 12.1. The molecule has 3 amide bonds. The Balaban J connectivity index is 2.41. The van der Waals surface area contributed by atoms with Crippen LogP contribution in [0.4, 0.5) is 0 Å². The number of amides is 3. The van der Waals surface area contributed by atoms with E-state index in [9.17, 15) is 33.6 Å². The minimum atomic E-state index is -0.964. The lowest BCUT2D eigenvalue weighted by molar-refractivity contribution is -0.150. The third-order valence-corrected chi connectivity index (χ3v) is 8.25. The molecule has 298 valence electrons. The van der Waals surface area contributed by atoms with Crippen LogP contribution in [0.15, 0.2) is 30.3 Å². The van der Waals surface area contributed by atoms with E-state index >= 15 is 0 Å². The maximum Gasteiger partial charge on any atom is 0.328 e. The van der Waals surface area contributed by atoms with Crippen LogP contribution in [-0.4, -0.2) is 73.3 Å². The standard InChI is InChI=1S/C40H63N3O10/c1-7-32(23-28(2)3)38(48)51-21-15-8-9-16-22-52-40(50)34(24-29(4)5)43-37(47)26-35(45)41-20-14-13-19-33(42-36(46)25-30(6)44)39(49)53-27-31-17-11-10-12-18-31/h10-12,17-18,28-29,32-34H,7-9,13-16,19-27H2,1-6H3,(H,41,45)(H,42,46)(H,43,47). The Morgan fingerprint density at radius 1 is 0.623 bits per heavy atom. The van der Waals surface area contributed by atoms with Crippen molar-refractivity contribution in [3.05, 3.63) is 35.9 Å². The molecule has 0 fully saturated rings. The number of rotatable bonds is 28. The van der Waals surface area contributed by atoms with Crippen LogP contribution >= 0.6 is 0 Å². The van der Waals surface area contributed by atoms with E-state index in [0.29, 0.717) is 38.2 Å². The molecule has 3 unspecified atom stereocenters. The fourth-order valence-electron chi connectivity index (χ4n) is 5.51. The molecule has 0 aliphatic rings. The van der Waals surface area contributed by atoms with E-state index in [1.165, 1.54) is 6.92 Å². The van der Waals surface area contributed by atoms with Crippen LogP contribution in [0.1, 0.15) is 124 Å². The Morgan fingerprint density at radius 3 is 1.77 bits per heavy atom. The number of esters is 3. The highest BCUT2D eigenvalue weighted by Gasteiger charge is 2.25. The van der Waals surface area contributed by atoms with Crippen LogP contribution in [0.2, 0.25) is 0 Å². The third kappa shape index (κ3) is 23.1. The number of nitrogens with one attached hydrogen (secondary N) is 3. The molecule has 0 saturated heterocycles. The number of ether oxygens (including phenoxy) is 3. The fourth-order valence-corrected chi connectivity index (χ4v) is 5.51. The lowest BCUT2D eigenvalue weighted by atomic mass is 9.95. The molecule has 1 aromatic carbocycles. The third-order valence-electron chi connectivity index (χ3n) is 8.25. The van der Waals surface area contributed by atoms with Crippen LogP contribution in [0.3, 0.4) is 0 Å². The van der Waals surface area contributed by atoms with Gasteiger partial charge in [0.2, 0.25) is 17.7 Å². The number of ketones is 1. The second-order valence-electron chi connectivity index (χ2n) is 14.3. The van der Waals surface area contributed by atoms with Crippen molar-refractivity contribution < 1.29 is 47.8 Å². The van der Waals surface area contributed by atoms with Crippen LogP contribution in [0, 0.1) is 17.8 Å². The number of carbonyl (C=O) groups excluding carboxylic acids is 7. The summed E-state index contributed by atoms with van der Waals surface area (Å²) in [5.41, 5.74) is 0.787. The molecule has 0 aromatic heterocycles. The summed E-state index contributed by atoms with van der Waals surface area (Å²) in [5.74, 6) is -2.89. The molecule has 0 aliphatic carbocycles. The maximum absolute atomic E-state index is 12.8. The van der Waals surface area contributed by atoms with Gasteiger partial charge in [-0.3, -0.25) is 24.0 Å². The van der Waals surface area contributed by atoms with Crippen LogP contribution < -0.4 is 16.0 Å². The summed E-state index contributed by atoms with van der Waals surface area (Å²) in [6.07, 6.45) is 5.21. The average molecular weight is 746 g/mol. The first-order valence-corrected chi connectivity index (χ1v) is 19.1. The summed E-state index contributed by atoms with van der Waals surface area (Å²) >= 11 is 0. The van der Waals surface area contributed by atoms with Crippen molar-refractivity contribution in [2.75, 3.05) is 19.8 Å². The average Bonchev–Trinajstić information content (AvgIpc) is 3.09. The largest absolute Gasteiger partial charge is 0.465 e. The van der Waals surface area contributed by atoms with E-state index in [2.05, 4.69) is 29.8 Å². The molecule has 1 aromatic rings. The smallest absolute Gasteiger partial charge is 0.328 e. The van der Waals surface area contributed by atoms with Gasteiger partial charge in [0.15, 0.2) is 0 Å². The highest BCUT2D eigenvalue weighted by atomic mass is 16.5. The monoisotopic (exact) mass is 745 g/mol. The van der Waals surface area contributed by atoms with Crippen LogP contribution in [0.5, 0.6) is 0 Å². The van der Waals surface area contributed by atoms with E-state index in [0.717, 1.165) is 37.7 Å². The van der Waals surface area contributed by atoms with Crippen molar-refractivity contribution >= 4 is 41.4 Å². The van der Waals surface area contributed by atoms with Gasteiger partial charge in [-0.05, 0) is 88.5 Å². The van der Waals surface area contributed by atoms with Gasteiger partial charge in [0, 0.05) is 6.54 Å². The molecule has 3 atom stereocenters. The molecule has 0 bridgehead atoms. The second-order valence-corrected chi connectivity index (χ2v) is 14.3. The summed E-state index contributed by atoms with van der Waals surface area (Å²) in [6, 6.07) is 7.24. The normalized spacial score (nSPS) is 12.7. The molecule has 0 heterocycles. The van der Waals surface area contributed by atoms with Crippen LogP contribution in [0.25, 0.3) is 0 Å². The molecule has 0 aliphatic heterocycles. The topological polar surface area (TPSA) is 183 Å². The minimum absolute atomic E-state index is 0.0339. The lowest BCUT2D eigenvalue weighted by Gasteiger charge is -2.19. The quantitative estimate of drug-likeness (QED) is 0.0451. The molecule has 13 heteroatoms. The van der Waals surface area contributed by atoms with Crippen molar-refractivity contribution in [2.45, 2.75) is 137 Å². The van der Waals surface area contributed by atoms with Gasteiger partial charge in [-0.15, -0.1) is 0 Å². The Labute approximate surface area is 315 Å². The van der Waals surface area contributed by atoms with Gasteiger partial charge < -0.3 is 30.2 Å². The van der Waals surface area contributed by atoms with Gasteiger partial charge in [0.1, 0.15) is 30.9 Å². The summed E-state index contributed by atoms with van der Waals surface area (Å²) in [7, 11) is 0. The number of Topliss-reactive ketones (excluding diaryl/α,β-unsaturated/α-hetero) is 1. The predicted octanol–water partition coefficient (Wildman–Crippen LogP) is 5.12. The SMILES string of the molecule is CCC(CC(C)C)C(=O)OCCCCCCOC(=O)C(CC(C)C)NC(=O)CC(=O)NCCCCC(NC(=O)CC(C)=O)C(=O)OCc1ccccc1. The summed E-state index contributed by atoms with van der Waals surface area (Å²) in [5, 5.41) is 7.86. The van der Waals surface area contributed by atoms with Crippen molar-refractivity contribution in [1.29, 1.82) is 0 Å². The van der Waals surface area contributed by atoms with Crippen molar-refractivity contribution in [1.82, 2.24) is 16.0 Å². The zero-order valence-electron chi connectivity index (χ0n) is 32.7. The van der Waals surface area contributed by atoms with E-state index in [4.69, 9.17) is 14.2 Å². The Bertz CT molecular complexity index is 1280. The number of hydrogen-bond acceptors (Lipinski definition) is 10. The zero-order valence-corrected chi connectivity index (χ0v) is 32.7. The first-order chi connectivity index (χ1) is 25.2. The lowest BCUT2D eigenvalue weighted by Crippen LogP contribution is -2.44. The van der Waals surface area contributed by atoms with Gasteiger partial charge in [-0.25, -0.2) is 9.59 Å². The maximum atomic E-state index is 12.8. The van der Waals surface area contributed by atoms with Gasteiger partial charge in [0.25, 0.3) is 0 Å². The van der Waals surface area contributed by atoms with Crippen molar-refractivity contribution in [3.8, 4) is 0 Å². The Hall–Kier alpha value is -4.29. The van der Waals surface area contributed by atoms with E-state index < -0.39 is 48.2 Å². The van der Waals surface area contributed by atoms with E-state index in [1.54, 1.807) is 12.1 Å². The number of carbonyl (C=O) groups is 7. The highest BCUT2D eigenvalue weighted by molar-refractivity contribution is 5.99. The summed E-state index contributed by atoms with van der Waals surface area (Å²) in [4.78, 5) is 86.4. The van der Waals surface area contributed by atoms with Crippen molar-refractivity contribution in [2.24, 2.45) is 17.8 Å². The minimum Gasteiger partial charge on any atom is -0.465 e. The van der Waals surface area contributed by atoms with Crippen LogP contribution in [-0.2, 0) is 54.4 Å². The zero-order chi connectivity index (χ0) is 39.6. The molecule has 53 heavy (non-hydrogen) atoms. The molecule has 3 N–H and O–H groups in total. The van der Waals surface area contributed by atoms with E-state index in [-0.39, 0.29) is 56.2 Å². The van der Waals surface area contributed by atoms with E-state index in [1.807, 2.05) is 39.0 Å². The molecule has 0 spiro atoms. The van der Waals surface area contributed by atoms with Gasteiger partial charge >= 0.3 is 17.9 Å². The van der Waals surface area contributed by atoms with Gasteiger partial charge in [0.05, 0.1) is 25.6 Å². The number of hydrogen-bond donors (Lipinski definition) is 3. The number of unbranched alkanes of at least 4 members (excludes halogenated alkanes) is 4. The molecule has 0 radical (unpaired) electrons. The molecule has 0 saturated carbocycles. The Kier molecular flexibility index (Phi) is 24.1. The first kappa shape index (κ1) is 46.7. The van der Waals surface area contributed by atoms with Crippen molar-refractivity contribution in [3.63, 3.8) is 0 Å². The molecular weight excluding hydrogens is 682 g/mol. The second kappa shape index (κ2) is 27.3. The fraction of sp³-hybridized carbons (Fsp3) is 0.675. The first-order valence-electron chi connectivity index (χ1n) is 19.1. The summed E-state index contributed by atoms with van der Waals surface area (Å²) < 4.78 is 16.2. The molecule has 1 rings (SSSR count). The predicted molar refractivity (Wildman–Crippen MR) is 200 cm³/mol. The highest BCUT2D eigenvalue weighted by Crippen LogP contribution is 2.17. The van der Waals surface area contributed by atoms with Gasteiger partial charge in [-0.1, -0.05) is 65.0 Å².